The smallest absolute Gasteiger partial charge is 0.324 e. The Morgan fingerprint density at radius 1 is 1.20 bits per heavy atom. The van der Waals surface area contributed by atoms with Gasteiger partial charge in [-0.05, 0) is 25.0 Å². The first-order chi connectivity index (χ1) is 14.5. The Labute approximate surface area is 173 Å². The fourth-order valence-electron chi connectivity index (χ4n) is 4.41. The summed E-state index contributed by atoms with van der Waals surface area (Å²) in [6.07, 6.45) is 6.85. The van der Waals surface area contributed by atoms with Crippen LogP contribution in [0.25, 0.3) is 22.3 Å². The monoisotopic (exact) mass is 405 g/mol. The third-order valence-electron chi connectivity index (χ3n) is 6.01. The Morgan fingerprint density at radius 2 is 2.00 bits per heavy atom. The van der Waals surface area contributed by atoms with Crippen LogP contribution in [-0.4, -0.2) is 68.1 Å². The molecule has 0 atom stereocenters. The number of pyridine rings is 2. The van der Waals surface area contributed by atoms with E-state index >= 15 is 0 Å². The molecule has 30 heavy (non-hydrogen) atoms. The van der Waals surface area contributed by atoms with Crippen molar-refractivity contribution in [3.05, 3.63) is 36.3 Å². The lowest BCUT2D eigenvalue weighted by molar-refractivity contribution is -0.129. The summed E-state index contributed by atoms with van der Waals surface area (Å²) < 4.78 is 0. The Hall–Kier alpha value is -3.49. The van der Waals surface area contributed by atoms with Gasteiger partial charge in [0, 0.05) is 56.6 Å². The molecule has 1 saturated heterocycles. The Kier molecular flexibility index (Phi) is 4.38. The van der Waals surface area contributed by atoms with Gasteiger partial charge in [0.05, 0.1) is 29.6 Å². The van der Waals surface area contributed by atoms with E-state index in [4.69, 9.17) is 4.98 Å². The van der Waals surface area contributed by atoms with Crippen LogP contribution in [0, 0.1) is 0 Å². The lowest BCUT2D eigenvalue weighted by Gasteiger charge is -2.43. The molecule has 2 aliphatic heterocycles. The van der Waals surface area contributed by atoms with E-state index < -0.39 is 0 Å². The highest BCUT2D eigenvalue weighted by molar-refractivity contribution is 6.04. The maximum atomic E-state index is 13.3. The highest BCUT2D eigenvalue weighted by Crippen LogP contribution is 2.37. The second-order valence-electron chi connectivity index (χ2n) is 7.93. The number of rotatable bonds is 2. The molecule has 0 aliphatic carbocycles. The van der Waals surface area contributed by atoms with Crippen LogP contribution < -0.4 is 4.90 Å². The molecule has 0 radical (unpaired) electrons. The molecule has 154 valence electrons. The van der Waals surface area contributed by atoms with Crippen molar-refractivity contribution in [1.29, 1.82) is 0 Å². The van der Waals surface area contributed by atoms with Crippen molar-refractivity contribution >= 4 is 28.7 Å². The number of amides is 3. The van der Waals surface area contributed by atoms with Crippen LogP contribution >= 0.6 is 0 Å². The molecule has 0 unspecified atom stereocenters. The minimum atomic E-state index is -0.0354. The van der Waals surface area contributed by atoms with E-state index in [9.17, 15) is 9.59 Å². The highest BCUT2D eigenvalue weighted by atomic mass is 16.2. The first-order valence-corrected chi connectivity index (χ1v) is 10.1. The van der Waals surface area contributed by atoms with Gasteiger partial charge in [0.2, 0.25) is 5.91 Å². The zero-order chi connectivity index (χ0) is 20.8. The third-order valence-corrected chi connectivity index (χ3v) is 6.01. The summed E-state index contributed by atoms with van der Waals surface area (Å²) in [7, 11) is 1.81. The largest absolute Gasteiger partial charge is 0.343 e. The summed E-state index contributed by atoms with van der Waals surface area (Å²) in [6, 6.07) is 3.83. The number of hydrogen-bond acceptors (Lipinski definition) is 5. The average molecular weight is 405 g/mol. The Balaban J connectivity index is 1.62. The Morgan fingerprint density at radius 3 is 2.70 bits per heavy atom. The van der Waals surface area contributed by atoms with Crippen molar-refractivity contribution in [3.63, 3.8) is 0 Å². The molecule has 5 heterocycles. The summed E-state index contributed by atoms with van der Waals surface area (Å²) in [5, 5.41) is 6.83. The number of piperidine rings is 1. The second kappa shape index (κ2) is 7.08. The van der Waals surface area contributed by atoms with Crippen molar-refractivity contribution in [1.82, 2.24) is 30.0 Å². The molecule has 3 amide bonds. The SMILES string of the molecule is CC(=O)N1CCC(N2C(=O)N(C)Cc3cnc4ccc(-c5cn[nH]c5)nc4c32)CC1. The van der Waals surface area contributed by atoms with Gasteiger partial charge in [-0.1, -0.05) is 0 Å². The molecule has 3 aromatic heterocycles. The number of nitrogens with one attached hydrogen (secondary N) is 1. The van der Waals surface area contributed by atoms with Gasteiger partial charge in [-0.25, -0.2) is 9.78 Å². The third kappa shape index (κ3) is 2.97. The normalized spacial score (nSPS) is 17.5. The minimum Gasteiger partial charge on any atom is -0.343 e. The van der Waals surface area contributed by atoms with Gasteiger partial charge in [-0.15, -0.1) is 0 Å². The van der Waals surface area contributed by atoms with Gasteiger partial charge in [-0.3, -0.25) is 19.8 Å². The maximum Gasteiger partial charge on any atom is 0.324 e. The van der Waals surface area contributed by atoms with Crippen LogP contribution in [0.4, 0.5) is 10.5 Å². The quantitative estimate of drug-likeness (QED) is 0.706. The van der Waals surface area contributed by atoms with Crippen LogP contribution in [0.2, 0.25) is 0 Å². The number of nitrogens with zero attached hydrogens (tertiary/aromatic N) is 6. The molecular formula is C21H23N7O2. The molecule has 9 heteroatoms. The Bertz CT molecular complexity index is 1120. The second-order valence-corrected chi connectivity index (χ2v) is 7.93. The van der Waals surface area contributed by atoms with E-state index in [1.807, 2.05) is 35.2 Å². The van der Waals surface area contributed by atoms with Gasteiger partial charge >= 0.3 is 6.03 Å². The zero-order valence-corrected chi connectivity index (χ0v) is 17.0. The van der Waals surface area contributed by atoms with E-state index in [1.54, 1.807) is 24.2 Å². The van der Waals surface area contributed by atoms with Gasteiger partial charge in [-0.2, -0.15) is 5.10 Å². The summed E-state index contributed by atoms with van der Waals surface area (Å²) in [5.74, 6) is 0.0806. The van der Waals surface area contributed by atoms with Crippen molar-refractivity contribution < 1.29 is 9.59 Å². The number of urea groups is 1. The molecule has 0 spiro atoms. The molecule has 5 rings (SSSR count). The summed E-state index contributed by atoms with van der Waals surface area (Å²) in [5.41, 5.74) is 4.97. The number of likely N-dealkylation sites (tertiary alicyclic amines) is 1. The van der Waals surface area contributed by atoms with Gasteiger partial charge in [0.15, 0.2) is 0 Å². The lowest BCUT2D eigenvalue weighted by Crippen LogP contribution is -2.54. The summed E-state index contributed by atoms with van der Waals surface area (Å²) >= 11 is 0. The average Bonchev–Trinajstić information content (AvgIpc) is 3.29. The molecule has 2 aliphatic rings. The lowest BCUT2D eigenvalue weighted by atomic mass is 9.99. The van der Waals surface area contributed by atoms with Crippen molar-refractivity contribution in [2.24, 2.45) is 0 Å². The van der Waals surface area contributed by atoms with Gasteiger partial charge in [0.25, 0.3) is 0 Å². The van der Waals surface area contributed by atoms with Crippen molar-refractivity contribution in [2.75, 3.05) is 25.0 Å². The predicted octanol–water partition coefficient (Wildman–Crippen LogP) is 2.40. The molecular weight excluding hydrogens is 382 g/mol. The maximum absolute atomic E-state index is 13.3. The number of anilines is 1. The van der Waals surface area contributed by atoms with Crippen LogP contribution in [0.15, 0.2) is 30.7 Å². The molecule has 0 bridgehead atoms. The molecule has 3 aromatic rings. The van der Waals surface area contributed by atoms with E-state index in [-0.39, 0.29) is 18.0 Å². The number of fused-ring (bicyclic) bond motifs is 3. The number of hydrogen-bond donors (Lipinski definition) is 1. The number of aromatic amines is 1. The van der Waals surface area contributed by atoms with Crippen LogP contribution in [0.1, 0.15) is 25.3 Å². The molecule has 0 aromatic carbocycles. The first-order valence-electron chi connectivity index (χ1n) is 10.1. The molecule has 1 N–H and O–H groups in total. The van der Waals surface area contributed by atoms with Crippen molar-refractivity contribution in [2.45, 2.75) is 32.4 Å². The number of aromatic nitrogens is 4. The molecule has 1 fully saturated rings. The fraction of sp³-hybridized carbons (Fsp3) is 0.381. The number of H-pyrrole nitrogens is 1. The minimum absolute atomic E-state index is 0.0135. The van der Waals surface area contributed by atoms with Gasteiger partial charge < -0.3 is 9.80 Å². The van der Waals surface area contributed by atoms with E-state index in [0.717, 1.165) is 46.4 Å². The van der Waals surface area contributed by atoms with E-state index in [1.165, 1.54) is 0 Å². The van der Waals surface area contributed by atoms with E-state index in [2.05, 4.69) is 15.2 Å². The van der Waals surface area contributed by atoms with Crippen molar-refractivity contribution in [3.8, 4) is 11.3 Å². The fourth-order valence-corrected chi connectivity index (χ4v) is 4.41. The zero-order valence-electron chi connectivity index (χ0n) is 17.0. The molecule has 0 saturated carbocycles. The van der Waals surface area contributed by atoms with Gasteiger partial charge in [0.1, 0.15) is 5.52 Å². The van der Waals surface area contributed by atoms with Crippen LogP contribution in [0.3, 0.4) is 0 Å². The number of carbonyl (C=O) groups is 2. The summed E-state index contributed by atoms with van der Waals surface area (Å²) in [6.45, 7) is 3.40. The molecule has 9 nitrogen and oxygen atoms in total. The first kappa shape index (κ1) is 18.5. The highest BCUT2D eigenvalue weighted by Gasteiger charge is 2.37. The predicted molar refractivity (Wildman–Crippen MR) is 112 cm³/mol. The van der Waals surface area contributed by atoms with E-state index in [0.29, 0.717) is 19.6 Å². The van der Waals surface area contributed by atoms with Crippen LogP contribution in [0.5, 0.6) is 0 Å². The topological polar surface area (TPSA) is 98.3 Å². The van der Waals surface area contributed by atoms with Crippen LogP contribution in [-0.2, 0) is 11.3 Å². The standard InChI is InChI=1S/C21H23N7O2/c1-13(29)27-7-5-16(6-8-27)28-20-15(12-26(2)21(28)30)9-22-18-4-3-17(25-19(18)20)14-10-23-24-11-14/h3-4,9-11,16H,5-8,12H2,1-2H3,(H,23,24). The number of carbonyl (C=O) groups excluding carboxylic acids is 2. The summed E-state index contributed by atoms with van der Waals surface area (Å²) in [4.78, 5) is 39.9.